The summed E-state index contributed by atoms with van der Waals surface area (Å²) in [7, 11) is -0.827. The van der Waals surface area contributed by atoms with Crippen LogP contribution in [-0.2, 0) is 19.6 Å². The minimum Gasteiger partial charge on any atom is -0.452 e. The van der Waals surface area contributed by atoms with Crippen molar-refractivity contribution in [1.29, 1.82) is 0 Å². The first kappa shape index (κ1) is 23.1. The van der Waals surface area contributed by atoms with Gasteiger partial charge in [0.05, 0.1) is 10.5 Å². The lowest BCUT2D eigenvalue weighted by Crippen LogP contribution is -2.39. The highest BCUT2D eigenvalue weighted by molar-refractivity contribution is 7.89. The predicted molar refractivity (Wildman–Crippen MR) is 104 cm³/mol. The standard InChI is InChI=1S/C19H30N2O5S/c1-14(2)11-21(12-15(3)4)18(22)13-26-19(23)16-8-7-9-17(10-16)27(24,25)20(5)6/h7-10,14-15H,11-13H2,1-6H3. The van der Waals surface area contributed by atoms with Crippen LogP contribution in [0, 0.1) is 11.8 Å². The van der Waals surface area contributed by atoms with Crippen molar-refractivity contribution in [2.45, 2.75) is 32.6 Å². The summed E-state index contributed by atoms with van der Waals surface area (Å²) in [4.78, 5) is 26.4. The van der Waals surface area contributed by atoms with Gasteiger partial charge in [-0.2, -0.15) is 0 Å². The second-order valence-corrected chi connectivity index (χ2v) is 9.63. The zero-order valence-electron chi connectivity index (χ0n) is 16.9. The van der Waals surface area contributed by atoms with E-state index in [4.69, 9.17) is 4.74 Å². The molecule has 0 saturated carbocycles. The Hall–Kier alpha value is -1.93. The Morgan fingerprint density at radius 1 is 1.04 bits per heavy atom. The van der Waals surface area contributed by atoms with E-state index in [1.165, 1.54) is 38.4 Å². The number of rotatable bonds is 9. The van der Waals surface area contributed by atoms with Crippen LogP contribution in [-0.4, -0.2) is 63.3 Å². The van der Waals surface area contributed by atoms with E-state index >= 15 is 0 Å². The topological polar surface area (TPSA) is 84.0 Å². The van der Waals surface area contributed by atoms with Crippen LogP contribution in [0.3, 0.4) is 0 Å². The van der Waals surface area contributed by atoms with Gasteiger partial charge in [-0.25, -0.2) is 17.5 Å². The Morgan fingerprint density at radius 2 is 1.59 bits per heavy atom. The van der Waals surface area contributed by atoms with Crippen LogP contribution in [0.1, 0.15) is 38.1 Å². The molecule has 7 nitrogen and oxygen atoms in total. The SMILES string of the molecule is CC(C)CN(CC(C)C)C(=O)COC(=O)c1cccc(S(=O)(=O)N(C)C)c1. The molecule has 0 unspecified atom stereocenters. The highest BCUT2D eigenvalue weighted by Gasteiger charge is 2.21. The predicted octanol–water partition coefficient (Wildman–Crippen LogP) is 2.23. The van der Waals surface area contributed by atoms with Gasteiger partial charge in [0.2, 0.25) is 10.0 Å². The number of ether oxygens (including phenoxy) is 1. The number of benzene rings is 1. The smallest absolute Gasteiger partial charge is 0.338 e. The van der Waals surface area contributed by atoms with Gasteiger partial charge in [0.1, 0.15) is 0 Å². The second-order valence-electron chi connectivity index (χ2n) is 7.48. The maximum atomic E-state index is 12.4. The Morgan fingerprint density at radius 3 is 2.07 bits per heavy atom. The van der Waals surface area contributed by atoms with Gasteiger partial charge in [-0.3, -0.25) is 4.79 Å². The molecular weight excluding hydrogens is 368 g/mol. The molecule has 152 valence electrons. The van der Waals surface area contributed by atoms with Gasteiger partial charge in [-0.15, -0.1) is 0 Å². The van der Waals surface area contributed by atoms with Crippen LogP contribution in [0.5, 0.6) is 0 Å². The third kappa shape index (κ3) is 6.95. The molecule has 0 aliphatic heterocycles. The number of amides is 1. The normalized spacial score (nSPS) is 11.9. The van der Waals surface area contributed by atoms with Crippen LogP contribution in [0.15, 0.2) is 29.2 Å². The third-order valence-electron chi connectivity index (χ3n) is 3.70. The van der Waals surface area contributed by atoms with Gasteiger partial charge in [0.15, 0.2) is 6.61 Å². The first-order chi connectivity index (χ1) is 12.4. The van der Waals surface area contributed by atoms with Crippen LogP contribution >= 0.6 is 0 Å². The molecule has 1 aromatic rings. The molecule has 1 amide bonds. The van der Waals surface area contributed by atoms with E-state index in [1.54, 1.807) is 4.90 Å². The molecule has 0 spiro atoms. The van der Waals surface area contributed by atoms with Gasteiger partial charge in [0.25, 0.3) is 5.91 Å². The number of hydrogen-bond donors (Lipinski definition) is 0. The first-order valence-corrected chi connectivity index (χ1v) is 10.4. The van der Waals surface area contributed by atoms with Crippen molar-refractivity contribution < 1.29 is 22.7 Å². The molecule has 1 aromatic carbocycles. The van der Waals surface area contributed by atoms with Crippen LogP contribution in [0.4, 0.5) is 0 Å². The number of nitrogens with zero attached hydrogens (tertiary/aromatic N) is 2. The number of carbonyl (C=O) groups is 2. The van der Waals surface area contributed by atoms with E-state index in [0.717, 1.165) is 4.31 Å². The van der Waals surface area contributed by atoms with Crippen molar-refractivity contribution in [1.82, 2.24) is 9.21 Å². The van der Waals surface area contributed by atoms with Gasteiger partial charge >= 0.3 is 5.97 Å². The lowest BCUT2D eigenvalue weighted by Gasteiger charge is -2.26. The summed E-state index contributed by atoms with van der Waals surface area (Å²) in [5.41, 5.74) is 0.0880. The largest absolute Gasteiger partial charge is 0.452 e. The molecule has 27 heavy (non-hydrogen) atoms. The highest BCUT2D eigenvalue weighted by Crippen LogP contribution is 2.15. The van der Waals surface area contributed by atoms with Crippen LogP contribution < -0.4 is 0 Å². The minimum absolute atomic E-state index is 0.00508. The van der Waals surface area contributed by atoms with Gasteiger partial charge in [-0.05, 0) is 30.0 Å². The average molecular weight is 399 g/mol. The van der Waals surface area contributed by atoms with Crippen molar-refractivity contribution >= 4 is 21.9 Å². The first-order valence-electron chi connectivity index (χ1n) is 8.92. The molecule has 8 heteroatoms. The Bertz CT molecular complexity index is 747. The van der Waals surface area contributed by atoms with Gasteiger partial charge in [0, 0.05) is 27.2 Å². The second kappa shape index (κ2) is 9.85. The summed E-state index contributed by atoms with van der Waals surface area (Å²) in [6, 6.07) is 5.59. The van der Waals surface area contributed by atoms with E-state index in [9.17, 15) is 18.0 Å². The number of esters is 1. The van der Waals surface area contributed by atoms with E-state index in [0.29, 0.717) is 24.9 Å². The molecule has 1 rings (SSSR count). The maximum absolute atomic E-state index is 12.4. The molecule has 0 saturated heterocycles. The molecule has 0 aliphatic carbocycles. The summed E-state index contributed by atoms with van der Waals surface area (Å²) in [6.45, 7) is 8.87. The maximum Gasteiger partial charge on any atom is 0.338 e. The van der Waals surface area contributed by atoms with E-state index < -0.39 is 16.0 Å². The van der Waals surface area contributed by atoms with Gasteiger partial charge in [-0.1, -0.05) is 33.8 Å². The molecule has 0 bridgehead atoms. The number of sulfonamides is 1. The van der Waals surface area contributed by atoms with Gasteiger partial charge < -0.3 is 9.64 Å². The molecule has 0 heterocycles. The van der Waals surface area contributed by atoms with Crippen LogP contribution in [0.25, 0.3) is 0 Å². The highest BCUT2D eigenvalue weighted by atomic mass is 32.2. The summed E-state index contributed by atoms with van der Waals surface area (Å²) in [6.07, 6.45) is 0. The average Bonchev–Trinajstić information content (AvgIpc) is 2.57. The zero-order valence-corrected chi connectivity index (χ0v) is 17.7. The van der Waals surface area contributed by atoms with Crippen LogP contribution in [0.2, 0.25) is 0 Å². The monoisotopic (exact) mass is 398 g/mol. The molecule has 0 fully saturated rings. The quantitative estimate of drug-likeness (QED) is 0.596. The molecular formula is C19H30N2O5S. The number of hydrogen-bond acceptors (Lipinski definition) is 5. The summed E-state index contributed by atoms with van der Waals surface area (Å²) < 4.78 is 30.6. The molecule has 0 N–H and O–H groups in total. The Labute approximate surface area is 162 Å². The minimum atomic E-state index is -3.65. The lowest BCUT2D eigenvalue weighted by molar-refractivity contribution is -0.135. The fourth-order valence-corrected chi connectivity index (χ4v) is 3.40. The Balaban J connectivity index is 2.83. The molecule has 0 aromatic heterocycles. The van der Waals surface area contributed by atoms with Crippen molar-refractivity contribution in [2.24, 2.45) is 11.8 Å². The zero-order chi connectivity index (χ0) is 20.8. The fraction of sp³-hybridized carbons (Fsp3) is 0.579. The molecule has 0 aliphatic rings. The van der Waals surface area contributed by atoms with Crippen molar-refractivity contribution in [3.05, 3.63) is 29.8 Å². The summed E-state index contributed by atoms with van der Waals surface area (Å²) >= 11 is 0. The molecule has 0 radical (unpaired) electrons. The summed E-state index contributed by atoms with van der Waals surface area (Å²) in [5, 5.41) is 0. The van der Waals surface area contributed by atoms with E-state index in [-0.39, 0.29) is 23.0 Å². The van der Waals surface area contributed by atoms with E-state index in [1.807, 2.05) is 27.7 Å². The van der Waals surface area contributed by atoms with Crippen molar-refractivity contribution in [3.8, 4) is 0 Å². The lowest BCUT2D eigenvalue weighted by atomic mass is 10.1. The third-order valence-corrected chi connectivity index (χ3v) is 5.51. The molecule has 0 atom stereocenters. The number of carbonyl (C=O) groups excluding carboxylic acids is 2. The van der Waals surface area contributed by atoms with Crippen molar-refractivity contribution in [2.75, 3.05) is 33.8 Å². The van der Waals surface area contributed by atoms with Crippen molar-refractivity contribution in [3.63, 3.8) is 0 Å². The Kier molecular flexibility index (Phi) is 8.43. The van der Waals surface area contributed by atoms with E-state index in [2.05, 4.69) is 0 Å². The fourth-order valence-electron chi connectivity index (χ4n) is 2.46. The summed E-state index contributed by atoms with van der Waals surface area (Å²) in [5.74, 6) is -0.385.